The van der Waals surface area contributed by atoms with Gasteiger partial charge in [-0.15, -0.1) is 0 Å². The van der Waals surface area contributed by atoms with Gasteiger partial charge in [0, 0.05) is 18.3 Å². The van der Waals surface area contributed by atoms with Crippen molar-refractivity contribution in [2.75, 3.05) is 27.7 Å². The number of quaternary nitrogens is 1. The first kappa shape index (κ1) is 18.4. The predicted octanol–water partition coefficient (Wildman–Crippen LogP) is -1.72. The summed E-state index contributed by atoms with van der Waals surface area (Å²) in [4.78, 5) is 27.0. The highest BCUT2D eigenvalue weighted by Gasteiger charge is 2.16. The molecule has 0 aliphatic carbocycles. The molecule has 0 aliphatic rings. The Morgan fingerprint density at radius 3 is 2.40 bits per heavy atom. The van der Waals surface area contributed by atoms with E-state index >= 15 is 0 Å². The SMILES string of the molecule is C[N+](C)(C)CC(=O)[O-].O=C(O)C(Cc1cnc[nH]1)NS. The van der Waals surface area contributed by atoms with E-state index in [9.17, 15) is 14.7 Å². The Morgan fingerprint density at radius 2 is 2.15 bits per heavy atom. The molecule has 1 atom stereocenters. The molecule has 0 saturated heterocycles. The van der Waals surface area contributed by atoms with Crippen molar-refractivity contribution < 1.29 is 24.3 Å². The molecule has 0 radical (unpaired) electrons. The van der Waals surface area contributed by atoms with Gasteiger partial charge in [0.1, 0.15) is 12.6 Å². The molecule has 0 amide bonds. The van der Waals surface area contributed by atoms with E-state index in [4.69, 9.17) is 5.11 Å². The first-order chi connectivity index (χ1) is 9.15. The van der Waals surface area contributed by atoms with Gasteiger partial charge in [-0.05, 0) is 0 Å². The first-order valence-electron chi connectivity index (χ1n) is 5.75. The molecule has 1 aromatic rings. The average Bonchev–Trinajstić information content (AvgIpc) is 2.75. The molecule has 0 aliphatic heterocycles. The molecular formula is C11H20N4O4S. The van der Waals surface area contributed by atoms with Crippen molar-refractivity contribution in [3.63, 3.8) is 0 Å². The number of carboxylic acids is 2. The van der Waals surface area contributed by atoms with Crippen molar-refractivity contribution in [1.82, 2.24) is 14.7 Å². The number of imidazole rings is 1. The second kappa shape index (κ2) is 8.56. The Kier molecular flexibility index (Phi) is 7.89. The van der Waals surface area contributed by atoms with Gasteiger partial charge in [-0.1, -0.05) is 12.8 Å². The average molecular weight is 304 g/mol. The number of hydrogen-bond acceptors (Lipinski definition) is 6. The Bertz CT molecular complexity index is 417. The zero-order chi connectivity index (χ0) is 15.8. The van der Waals surface area contributed by atoms with Crippen molar-refractivity contribution >= 4 is 24.8 Å². The summed E-state index contributed by atoms with van der Waals surface area (Å²) in [5, 5.41) is 18.5. The summed E-state index contributed by atoms with van der Waals surface area (Å²) in [6.07, 6.45) is 3.44. The Hall–Kier alpha value is -1.58. The van der Waals surface area contributed by atoms with E-state index in [2.05, 4.69) is 27.5 Å². The van der Waals surface area contributed by atoms with E-state index in [0.717, 1.165) is 5.69 Å². The quantitative estimate of drug-likeness (QED) is 0.367. The van der Waals surface area contributed by atoms with E-state index < -0.39 is 18.0 Å². The van der Waals surface area contributed by atoms with Crippen LogP contribution in [0.3, 0.4) is 0 Å². The molecule has 1 rings (SSSR count). The highest BCUT2D eigenvalue weighted by Crippen LogP contribution is 1.98. The zero-order valence-corrected chi connectivity index (χ0v) is 12.6. The fourth-order valence-corrected chi connectivity index (χ4v) is 1.39. The monoisotopic (exact) mass is 304 g/mol. The number of aliphatic carboxylic acids is 2. The highest BCUT2D eigenvalue weighted by atomic mass is 32.1. The molecule has 114 valence electrons. The van der Waals surface area contributed by atoms with E-state index in [-0.39, 0.29) is 6.54 Å². The lowest BCUT2D eigenvalue weighted by atomic mass is 10.2. The van der Waals surface area contributed by atoms with E-state index in [1.165, 1.54) is 6.33 Å². The van der Waals surface area contributed by atoms with Gasteiger partial charge in [0.05, 0.1) is 33.4 Å². The van der Waals surface area contributed by atoms with E-state index in [1.807, 2.05) is 0 Å². The van der Waals surface area contributed by atoms with Crippen molar-refractivity contribution in [2.45, 2.75) is 12.5 Å². The van der Waals surface area contributed by atoms with Crippen LogP contribution in [-0.2, 0) is 16.0 Å². The van der Waals surface area contributed by atoms with Gasteiger partial charge >= 0.3 is 5.97 Å². The molecule has 3 N–H and O–H groups in total. The maximum absolute atomic E-state index is 10.5. The minimum atomic E-state index is -1.00. The second-order valence-corrected chi connectivity index (χ2v) is 5.38. The smallest absolute Gasteiger partial charge is 0.321 e. The van der Waals surface area contributed by atoms with Gasteiger partial charge in [-0.2, -0.15) is 0 Å². The lowest BCUT2D eigenvalue weighted by Crippen LogP contribution is -2.45. The molecule has 0 spiro atoms. The molecule has 1 unspecified atom stereocenters. The molecule has 0 saturated carbocycles. The van der Waals surface area contributed by atoms with Crippen LogP contribution in [-0.4, -0.2) is 65.2 Å². The predicted molar refractivity (Wildman–Crippen MR) is 73.7 cm³/mol. The molecule has 0 aromatic carbocycles. The second-order valence-electron chi connectivity index (χ2n) is 5.12. The molecular weight excluding hydrogens is 284 g/mol. The molecule has 0 bridgehead atoms. The summed E-state index contributed by atoms with van der Waals surface area (Å²) in [5.74, 6) is -1.93. The van der Waals surface area contributed by atoms with Crippen molar-refractivity contribution in [2.24, 2.45) is 0 Å². The third kappa shape index (κ3) is 9.36. The minimum Gasteiger partial charge on any atom is -0.544 e. The van der Waals surface area contributed by atoms with Crippen molar-refractivity contribution in [1.29, 1.82) is 0 Å². The Morgan fingerprint density at radius 1 is 1.55 bits per heavy atom. The summed E-state index contributed by atoms with van der Waals surface area (Å²) >= 11 is 3.70. The fraction of sp³-hybridized carbons (Fsp3) is 0.545. The largest absolute Gasteiger partial charge is 0.544 e. The van der Waals surface area contributed by atoms with Crippen LogP contribution in [0.1, 0.15) is 5.69 Å². The number of likely N-dealkylation sites (N-methyl/N-ethyl adjacent to an activating group) is 1. The number of carbonyl (C=O) groups excluding carboxylic acids is 1. The van der Waals surface area contributed by atoms with Crippen LogP contribution in [0.15, 0.2) is 12.5 Å². The summed E-state index contributed by atoms with van der Waals surface area (Å²) in [6, 6.07) is -0.686. The lowest BCUT2D eigenvalue weighted by molar-refractivity contribution is -0.864. The van der Waals surface area contributed by atoms with Crippen LogP contribution in [0, 0.1) is 0 Å². The number of thiol groups is 1. The van der Waals surface area contributed by atoms with Crippen LogP contribution < -0.4 is 9.83 Å². The zero-order valence-electron chi connectivity index (χ0n) is 11.7. The number of carbonyl (C=O) groups is 2. The van der Waals surface area contributed by atoms with Crippen LogP contribution >= 0.6 is 12.8 Å². The maximum Gasteiger partial charge on any atom is 0.321 e. The molecule has 9 heteroatoms. The van der Waals surface area contributed by atoms with Crippen molar-refractivity contribution in [3.8, 4) is 0 Å². The lowest BCUT2D eigenvalue weighted by Gasteiger charge is -2.23. The highest BCUT2D eigenvalue weighted by molar-refractivity contribution is 7.78. The summed E-state index contributed by atoms with van der Waals surface area (Å²) in [5.41, 5.74) is 0.768. The normalized spacial score (nSPS) is 12.2. The van der Waals surface area contributed by atoms with Gasteiger partial charge in [0.25, 0.3) is 0 Å². The van der Waals surface area contributed by atoms with Crippen LogP contribution in [0.2, 0.25) is 0 Å². The number of H-pyrrole nitrogens is 1. The van der Waals surface area contributed by atoms with Gasteiger partial charge in [-0.3, -0.25) is 9.52 Å². The number of nitrogens with zero attached hydrogens (tertiary/aromatic N) is 2. The number of aromatic amines is 1. The number of hydrogen-bond donors (Lipinski definition) is 4. The van der Waals surface area contributed by atoms with Crippen molar-refractivity contribution in [3.05, 3.63) is 18.2 Å². The third-order valence-corrected chi connectivity index (χ3v) is 2.35. The van der Waals surface area contributed by atoms with Crippen LogP contribution in [0.4, 0.5) is 0 Å². The maximum atomic E-state index is 10.5. The van der Waals surface area contributed by atoms with Gasteiger partial charge in [0.15, 0.2) is 0 Å². The Balaban J connectivity index is 0.000000396. The molecule has 20 heavy (non-hydrogen) atoms. The van der Waals surface area contributed by atoms with E-state index in [0.29, 0.717) is 10.9 Å². The summed E-state index contributed by atoms with van der Waals surface area (Å²) < 4.78 is 2.81. The van der Waals surface area contributed by atoms with Crippen LogP contribution in [0.5, 0.6) is 0 Å². The number of nitrogens with one attached hydrogen (secondary N) is 2. The molecule has 1 aromatic heterocycles. The summed E-state index contributed by atoms with van der Waals surface area (Å²) in [6.45, 7) is 0.0694. The minimum absolute atomic E-state index is 0.0694. The number of rotatable bonds is 6. The standard InChI is InChI=1S/C6H9N3O2S.C5H11NO2/c10-6(11)5(9-12)1-4-2-7-3-8-4;1-6(2,3)4-5(7)8/h2-3,5,9,12H,1H2,(H,7,8)(H,10,11);4H2,1-3H3. The molecule has 0 fully saturated rings. The van der Waals surface area contributed by atoms with Gasteiger partial charge < -0.3 is 24.5 Å². The van der Waals surface area contributed by atoms with E-state index in [1.54, 1.807) is 27.3 Å². The van der Waals surface area contributed by atoms with Gasteiger partial charge in [-0.25, -0.2) is 4.98 Å². The van der Waals surface area contributed by atoms with Crippen LogP contribution in [0.25, 0.3) is 0 Å². The Labute approximate surface area is 123 Å². The molecule has 1 heterocycles. The topological polar surface area (TPSA) is 118 Å². The number of aromatic nitrogens is 2. The first-order valence-corrected chi connectivity index (χ1v) is 6.20. The van der Waals surface area contributed by atoms with Gasteiger partial charge in [0.2, 0.25) is 0 Å². The summed E-state index contributed by atoms with van der Waals surface area (Å²) in [7, 11) is 5.40. The molecule has 8 nitrogen and oxygen atoms in total. The fourth-order valence-electron chi connectivity index (χ4n) is 1.19. The number of carboxylic acid groups (broad SMARTS) is 2. The third-order valence-electron chi connectivity index (χ3n) is 2.04.